The van der Waals surface area contributed by atoms with Crippen LogP contribution in [0, 0.1) is 0 Å². The second-order valence-electron chi connectivity index (χ2n) is 9.41. The van der Waals surface area contributed by atoms with Crippen LogP contribution in [0.3, 0.4) is 0 Å². The van der Waals surface area contributed by atoms with E-state index in [1.165, 1.54) is 108 Å². The van der Waals surface area contributed by atoms with Gasteiger partial charge in [-0.25, -0.2) is 0 Å². The van der Waals surface area contributed by atoms with Crippen molar-refractivity contribution in [3.63, 3.8) is 0 Å². The molecule has 3 heteroatoms. The molecule has 0 saturated carbocycles. The van der Waals surface area contributed by atoms with Crippen molar-refractivity contribution in [1.82, 2.24) is 4.57 Å². The molecule has 0 bridgehead atoms. The number of hydrogen-bond acceptors (Lipinski definition) is 2. The van der Waals surface area contributed by atoms with E-state index < -0.39 is 0 Å². The summed E-state index contributed by atoms with van der Waals surface area (Å²) in [6.45, 7) is 6.39. The Morgan fingerprint density at radius 3 is 1.42 bits per heavy atom. The third kappa shape index (κ3) is 12.3. The molecule has 180 valence electrons. The molecule has 0 aliphatic rings. The first-order valence-electron chi connectivity index (χ1n) is 13.3. The third-order valence-corrected chi connectivity index (χ3v) is 6.75. The molecule has 1 unspecified atom stereocenters. The van der Waals surface area contributed by atoms with Crippen molar-refractivity contribution >= 4 is 0 Å². The SMILES string of the molecule is CC=C(C)C(CCCCCCCCCCCCCCCCCCC)n1c(O)ccc1O. The number of aromatic hydroxyl groups is 2. The van der Waals surface area contributed by atoms with Crippen LogP contribution in [0.1, 0.15) is 142 Å². The maximum Gasteiger partial charge on any atom is 0.194 e. The second-order valence-corrected chi connectivity index (χ2v) is 9.41. The van der Waals surface area contributed by atoms with Crippen molar-refractivity contribution in [2.45, 2.75) is 142 Å². The summed E-state index contributed by atoms with van der Waals surface area (Å²) in [7, 11) is 0. The van der Waals surface area contributed by atoms with E-state index >= 15 is 0 Å². The zero-order chi connectivity index (χ0) is 22.7. The maximum absolute atomic E-state index is 10.1. The molecule has 0 radical (unpaired) electrons. The minimum absolute atomic E-state index is 0.0522. The molecular weight excluding hydrogens is 382 g/mol. The highest BCUT2D eigenvalue weighted by Gasteiger charge is 2.18. The topological polar surface area (TPSA) is 45.4 Å². The lowest BCUT2D eigenvalue weighted by molar-refractivity contribution is 0.336. The van der Waals surface area contributed by atoms with Gasteiger partial charge in [0.05, 0.1) is 6.04 Å². The van der Waals surface area contributed by atoms with Crippen molar-refractivity contribution in [1.29, 1.82) is 0 Å². The van der Waals surface area contributed by atoms with Crippen LogP contribution < -0.4 is 0 Å². The molecule has 0 fully saturated rings. The van der Waals surface area contributed by atoms with E-state index in [1.54, 1.807) is 16.7 Å². The van der Waals surface area contributed by atoms with Crippen LogP contribution in [0.15, 0.2) is 23.8 Å². The number of aromatic nitrogens is 1. The summed E-state index contributed by atoms with van der Waals surface area (Å²) in [4.78, 5) is 0. The molecule has 0 saturated heterocycles. The smallest absolute Gasteiger partial charge is 0.194 e. The Bertz CT molecular complexity index is 556. The van der Waals surface area contributed by atoms with E-state index in [1.807, 2.05) is 6.92 Å². The van der Waals surface area contributed by atoms with Gasteiger partial charge in [-0.1, -0.05) is 128 Å². The van der Waals surface area contributed by atoms with Gasteiger partial charge in [0, 0.05) is 12.1 Å². The molecular formula is C28H51NO2. The summed E-state index contributed by atoms with van der Waals surface area (Å²) >= 11 is 0. The van der Waals surface area contributed by atoms with Gasteiger partial charge in [0.1, 0.15) is 0 Å². The van der Waals surface area contributed by atoms with Crippen molar-refractivity contribution in [3.8, 4) is 11.8 Å². The molecule has 31 heavy (non-hydrogen) atoms. The van der Waals surface area contributed by atoms with Gasteiger partial charge in [0.25, 0.3) is 0 Å². The summed E-state index contributed by atoms with van der Waals surface area (Å²) in [5, 5.41) is 20.1. The lowest BCUT2D eigenvalue weighted by Crippen LogP contribution is -2.09. The summed E-state index contributed by atoms with van der Waals surface area (Å²) in [6, 6.07) is 3.19. The van der Waals surface area contributed by atoms with Gasteiger partial charge in [-0.3, -0.25) is 4.57 Å². The number of hydrogen-bond donors (Lipinski definition) is 2. The lowest BCUT2D eigenvalue weighted by atomic mass is 9.99. The first-order chi connectivity index (χ1) is 15.1. The third-order valence-electron chi connectivity index (χ3n) is 6.75. The van der Waals surface area contributed by atoms with E-state index in [9.17, 15) is 10.2 Å². The van der Waals surface area contributed by atoms with E-state index in [-0.39, 0.29) is 17.8 Å². The highest BCUT2D eigenvalue weighted by atomic mass is 16.3. The average Bonchev–Trinajstić information content (AvgIpc) is 3.10. The Morgan fingerprint density at radius 2 is 1.06 bits per heavy atom. The van der Waals surface area contributed by atoms with Crippen LogP contribution in [0.5, 0.6) is 11.8 Å². The Balaban J connectivity index is 1.98. The summed E-state index contributed by atoms with van der Waals surface area (Å²) in [5.41, 5.74) is 1.19. The minimum Gasteiger partial charge on any atom is -0.494 e. The Morgan fingerprint density at radius 1 is 0.710 bits per heavy atom. The maximum atomic E-state index is 10.1. The van der Waals surface area contributed by atoms with Gasteiger partial charge in [0.2, 0.25) is 0 Å². The van der Waals surface area contributed by atoms with Crippen molar-refractivity contribution in [2.75, 3.05) is 0 Å². The van der Waals surface area contributed by atoms with Crippen molar-refractivity contribution in [2.24, 2.45) is 0 Å². The van der Waals surface area contributed by atoms with E-state index in [4.69, 9.17) is 0 Å². The van der Waals surface area contributed by atoms with Crippen LogP contribution in [0.2, 0.25) is 0 Å². The fourth-order valence-electron chi connectivity index (χ4n) is 4.56. The predicted octanol–water partition coefficient (Wildman–Crippen LogP) is 9.45. The summed E-state index contributed by atoms with van der Waals surface area (Å²) in [5.74, 6) is 0.298. The largest absolute Gasteiger partial charge is 0.494 e. The van der Waals surface area contributed by atoms with Crippen LogP contribution in [-0.4, -0.2) is 14.8 Å². The predicted molar refractivity (Wildman–Crippen MR) is 135 cm³/mol. The van der Waals surface area contributed by atoms with E-state index in [0.717, 1.165) is 12.8 Å². The van der Waals surface area contributed by atoms with E-state index in [0.29, 0.717) is 0 Å². The fraction of sp³-hybridized carbons (Fsp3) is 0.786. The minimum atomic E-state index is 0.0522. The van der Waals surface area contributed by atoms with Gasteiger partial charge in [-0.05, 0) is 20.3 Å². The molecule has 0 aromatic carbocycles. The molecule has 1 aromatic heterocycles. The molecule has 3 nitrogen and oxygen atoms in total. The zero-order valence-electron chi connectivity index (χ0n) is 20.9. The lowest BCUT2D eigenvalue weighted by Gasteiger charge is -2.21. The standard InChI is InChI=1S/C28H51NO2/c1-4-6-7-8-9-10-11-12-13-14-15-16-17-18-19-20-21-22-26(25(3)5-2)29-27(30)23-24-28(29)31/h5,23-24,26,30-31H,4,6-22H2,1-3H3. The highest BCUT2D eigenvalue weighted by molar-refractivity contribution is 5.27. The van der Waals surface area contributed by atoms with Crippen LogP contribution in [0.25, 0.3) is 0 Å². The first-order valence-corrected chi connectivity index (χ1v) is 13.3. The number of allylic oxidation sites excluding steroid dienone is 2. The van der Waals surface area contributed by atoms with Crippen LogP contribution >= 0.6 is 0 Å². The van der Waals surface area contributed by atoms with Crippen LogP contribution in [0.4, 0.5) is 0 Å². The van der Waals surface area contributed by atoms with E-state index in [2.05, 4.69) is 19.9 Å². The van der Waals surface area contributed by atoms with Gasteiger partial charge in [0.15, 0.2) is 11.8 Å². The summed E-state index contributed by atoms with van der Waals surface area (Å²) in [6.07, 6.45) is 26.5. The first kappa shape index (κ1) is 27.7. The fourth-order valence-corrected chi connectivity index (χ4v) is 4.56. The Kier molecular flexibility index (Phi) is 16.3. The highest BCUT2D eigenvalue weighted by Crippen LogP contribution is 2.34. The second kappa shape index (κ2) is 18.2. The zero-order valence-corrected chi connectivity index (χ0v) is 20.9. The van der Waals surface area contributed by atoms with Gasteiger partial charge >= 0.3 is 0 Å². The van der Waals surface area contributed by atoms with Gasteiger partial charge < -0.3 is 10.2 Å². The molecule has 0 amide bonds. The average molecular weight is 434 g/mol. The number of nitrogens with zero attached hydrogens (tertiary/aromatic N) is 1. The normalized spacial score (nSPS) is 13.1. The Hall–Kier alpha value is -1.38. The van der Waals surface area contributed by atoms with Crippen LogP contribution in [-0.2, 0) is 0 Å². The molecule has 0 aliphatic carbocycles. The molecule has 0 spiro atoms. The molecule has 0 aliphatic heterocycles. The molecule has 2 N–H and O–H groups in total. The molecule has 1 aromatic rings. The number of rotatable bonds is 20. The number of unbranched alkanes of at least 4 members (excludes halogenated alkanes) is 16. The Labute approximate surface area is 193 Å². The van der Waals surface area contributed by atoms with Crippen molar-refractivity contribution in [3.05, 3.63) is 23.8 Å². The van der Waals surface area contributed by atoms with Gasteiger partial charge in [-0.15, -0.1) is 0 Å². The molecule has 1 heterocycles. The quantitative estimate of drug-likeness (QED) is 0.159. The molecule has 1 rings (SSSR count). The van der Waals surface area contributed by atoms with Gasteiger partial charge in [-0.2, -0.15) is 0 Å². The van der Waals surface area contributed by atoms with Crippen molar-refractivity contribution < 1.29 is 10.2 Å². The monoisotopic (exact) mass is 433 g/mol. The summed E-state index contributed by atoms with van der Waals surface area (Å²) < 4.78 is 1.65. The molecule has 1 atom stereocenters.